The molecule has 0 saturated heterocycles. The molecule has 1 atom stereocenters. The van der Waals surface area contributed by atoms with Crippen molar-refractivity contribution < 1.29 is 9.53 Å². The molecule has 4 nitrogen and oxygen atoms in total. The minimum absolute atomic E-state index is 0.114. The van der Waals surface area contributed by atoms with E-state index < -0.39 is 6.04 Å². The summed E-state index contributed by atoms with van der Waals surface area (Å²) in [4.78, 5) is 11.8. The number of amides is 1. The molecular weight excluding hydrogens is 228 g/mol. The number of nitrogens with two attached hydrogens (primary N) is 1. The second-order valence-corrected chi connectivity index (χ2v) is 4.69. The predicted molar refractivity (Wildman–Crippen MR) is 71.8 cm³/mol. The van der Waals surface area contributed by atoms with E-state index in [0.29, 0.717) is 13.2 Å². The van der Waals surface area contributed by atoms with Gasteiger partial charge in [0.2, 0.25) is 5.91 Å². The van der Waals surface area contributed by atoms with Crippen LogP contribution in [-0.4, -0.2) is 19.1 Å². The summed E-state index contributed by atoms with van der Waals surface area (Å²) in [6.07, 6.45) is 0. The van der Waals surface area contributed by atoms with Crippen LogP contribution in [0, 0.1) is 5.92 Å². The number of ether oxygens (including phenoxy) is 1. The average Bonchev–Trinajstić information content (AvgIpc) is 2.36. The van der Waals surface area contributed by atoms with Gasteiger partial charge in [-0.1, -0.05) is 38.1 Å². The zero-order valence-electron chi connectivity index (χ0n) is 11.3. The molecule has 0 heterocycles. The first-order valence-corrected chi connectivity index (χ1v) is 6.15. The molecule has 1 aromatic carbocycles. The Hall–Kier alpha value is -1.39. The van der Waals surface area contributed by atoms with Gasteiger partial charge >= 0.3 is 0 Å². The van der Waals surface area contributed by atoms with Gasteiger partial charge in [0, 0.05) is 13.7 Å². The lowest BCUT2D eigenvalue weighted by Gasteiger charge is -2.16. The molecule has 0 spiro atoms. The number of hydrogen-bond donors (Lipinski definition) is 2. The number of carbonyl (C=O) groups is 1. The highest BCUT2D eigenvalue weighted by atomic mass is 16.5. The van der Waals surface area contributed by atoms with Crippen molar-refractivity contribution in [1.29, 1.82) is 0 Å². The third kappa shape index (κ3) is 4.13. The molecule has 0 bridgehead atoms. The molecule has 0 unspecified atom stereocenters. The van der Waals surface area contributed by atoms with Crippen LogP contribution in [0.3, 0.4) is 0 Å². The molecule has 1 rings (SSSR count). The van der Waals surface area contributed by atoms with Crippen molar-refractivity contribution in [1.82, 2.24) is 5.32 Å². The van der Waals surface area contributed by atoms with Crippen LogP contribution in [-0.2, 0) is 22.7 Å². The van der Waals surface area contributed by atoms with E-state index in [-0.39, 0.29) is 11.8 Å². The summed E-state index contributed by atoms with van der Waals surface area (Å²) in [5.74, 6) is 0.0245. The topological polar surface area (TPSA) is 64.3 Å². The number of carbonyl (C=O) groups excluding carboxylic acids is 1. The summed E-state index contributed by atoms with van der Waals surface area (Å²) in [5.41, 5.74) is 7.92. The second-order valence-electron chi connectivity index (χ2n) is 4.69. The van der Waals surface area contributed by atoms with Gasteiger partial charge < -0.3 is 15.8 Å². The van der Waals surface area contributed by atoms with E-state index in [9.17, 15) is 4.79 Å². The Morgan fingerprint density at radius 2 is 1.94 bits per heavy atom. The normalized spacial score (nSPS) is 12.5. The fourth-order valence-corrected chi connectivity index (χ4v) is 1.63. The minimum atomic E-state index is -0.459. The Bertz CT molecular complexity index is 391. The van der Waals surface area contributed by atoms with Crippen molar-refractivity contribution in [3.8, 4) is 0 Å². The number of hydrogen-bond acceptors (Lipinski definition) is 3. The van der Waals surface area contributed by atoms with E-state index in [2.05, 4.69) is 5.32 Å². The molecular formula is C14H22N2O2. The van der Waals surface area contributed by atoms with E-state index in [1.54, 1.807) is 7.11 Å². The van der Waals surface area contributed by atoms with E-state index in [0.717, 1.165) is 11.1 Å². The monoisotopic (exact) mass is 250 g/mol. The molecule has 18 heavy (non-hydrogen) atoms. The lowest BCUT2D eigenvalue weighted by molar-refractivity contribution is -0.123. The maximum Gasteiger partial charge on any atom is 0.237 e. The van der Waals surface area contributed by atoms with Crippen molar-refractivity contribution in [2.24, 2.45) is 11.7 Å². The largest absolute Gasteiger partial charge is 0.380 e. The van der Waals surface area contributed by atoms with Gasteiger partial charge in [-0.3, -0.25) is 4.79 Å². The summed E-state index contributed by atoms with van der Waals surface area (Å²) in [6.45, 7) is 4.90. The number of nitrogens with one attached hydrogen (secondary N) is 1. The molecule has 1 aromatic rings. The summed E-state index contributed by atoms with van der Waals surface area (Å²) < 4.78 is 5.12. The van der Waals surface area contributed by atoms with Crippen LogP contribution in [0.15, 0.2) is 24.3 Å². The fourth-order valence-electron chi connectivity index (χ4n) is 1.63. The Balaban J connectivity index is 2.60. The molecule has 0 saturated carbocycles. The maximum atomic E-state index is 11.8. The maximum absolute atomic E-state index is 11.8. The van der Waals surface area contributed by atoms with E-state index >= 15 is 0 Å². The first-order valence-electron chi connectivity index (χ1n) is 6.15. The van der Waals surface area contributed by atoms with E-state index in [1.807, 2.05) is 38.1 Å². The van der Waals surface area contributed by atoms with Gasteiger partial charge in [0.15, 0.2) is 0 Å². The van der Waals surface area contributed by atoms with Crippen LogP contribution in [0.25, 0.3) is 0 Å². The zero-order valence-corrected chi connectivity index (χ0v) is 11.3. The molecule has 4 heteroatoms. The van der Waals surface area contributed by atoms with Gasteiger partial charge in [0.05, 0.1) is 12.6 Å². The predicted octanol–water partition coefficient (Wildman–Crippen LogP) is 1.43. The number of methoxy groups -OCH3 is 1. The highest BCUT2D eigenvalue weighted by Crippen LogP contribution is 2.09. The quantitative estimate of drug-likeness (QED) is 0.803. The zero-order chi connectivity index (χ0) is 13.5. The Morgan fingerprint density at radius 3 is 2.50 bits per heavy atom. The van der Waals surface area contributed by atoms with Gasteiger partial charge in [0.25, 0.3) is 0 Å². The summed E-state index contributed by atoms with van der Waals surface area (Å²) in [6, 6.07) is 7.42. The SMILES string of the molecule is COCc1ccccc1CNC(=O)[C@H](N)C(C)C. The van der Waals surface area contributed by atoms with Gasteiger partial charge in [-0.2, -0.15) is 0 Å². The number of rotatable bonds is 6. The van der Waals surface area contributed by atoms with Crippen LogP contribution in [0.5, 0.6) is 0 Å². The molecule has 3 N–H and O–H groups in total. The lowest BCUT2D eigenvalue weighted by Crippen LogP contribution is -2.43. The highest BCUT2D eigenvalue weighted by molar-refractivity contribution is 5.81. The Morgan fingerprint density at radius 1 is 1.33 bits per heavy atom. The average molecular weight is 250 g/mol. The standard InChI is InChI=1S/C14H22N2O2/c1-10(2)13(15)14(17)16-8-11-6-4-5-7-12(11)9-18-3/h4-7,10,13H,8-9,15H2,1-3H3,(H,16,17)/t13-/m1/s1. The Kier molecular flexibility index (Phi) is 5.82. The molecule has 0 radical (unpaired) electrons. The third-order valence-corrected chi connectivity index (χ3v) is 2.89. The van der Waals surface area contributed by atoms with Crippen LogP contribution in [0.1, 0.15) is 25.0 Å². The fraction of sp³-hybridized carbons (Fsp3) is 0.500. The minimum Gasteiger partial charge on any atom is -0.380 e. The lowest BCUT2D eigenvalue weighted by atomic mass is 10.0. The van der Waals surface area contributed by atoms with E-state index in [4.69, 9.17) is 10.5 Å². The Labute approximate surface area is 109 Å². The summed E-state index contributed by atoms with van der Waals surface area (Å²) in [7, 11) is 1.66. The van der Waals surface area contributed by atoms with Crippen molar-refractivity contribution in [2.75, 3.05) is 7.11 Å². The van der Waals surface area contributed by atoms with Crippen molar-refractivity contribution in [3.05, 3.63) is 35.4 Å². The summed E-state index contributed by atoms with van der Waals surface area (Å²) >= 11 is 0. The first kappa shape index (κ1) is 14.7. The molecule has 1 amide bonds. The van der Waals surface area contributed by atoms with Crippen molar-refractivity contribution in [3.63, 3.8) is 0 Å². The van der Waals surface area contributed by atoms with Gasteiger partial charge in [0.1, 0.15) is 0 Å². The van der Waals surface area contributed by atoms with Crippen molar-refractivity contribution in [2.45, 2.75) is 33.0 Å². The molecule has 0 aromatic heterocycles. The molecule has 100 valence electrons. The third-order valence-electron chi connectivity index (χ3n) is 2.89. The second kappa shape index (κ2) is 7.13. The smallest absolute Gasteiger partial charge is 0.237 e. The molecule has 0 aliphatic carbocycles. The van der Waals surface area contributed by atoms with E-state index in [1.165, 1.54) is 0 Å². The van der Waals surface area contributed by atoms with Gasteiger partial charge in [-0.15, -0.1) is 0 Å². The summed E-state index contributed by atoms with van der Waals surface area (Å²) in [5, 5.41) is 2.86. The van der Waals surface area contributed by atoms with Crippen LogP contribution in [0.4, 0.5) is 0 Å². The first-order chi connectivity index (χ1) is 8.56. The molecule has 0 fully saturated rings. The van der Waals surface area contributed by atoms with Gasteiger partial charge in [-0.25, -0.2) is 0 Å². The van der Waals surface area contributed by atoms with Crippen LogP contribution < -0.4 is 11.1 Å². The highest BCUT2D eigenvalue weighted by Gasteiger charge is 2.16. The van der Waals surface area contributed by atoms with Crippen LogP contribution >= 0.6 is 0 Å². The molecule has 0 aliphatic heterocycles. The number of benzene rings is 1. The molecule has 0 aliphatic rings. The van der Waals surface area contributed by atoms with Crippen LogP contribution in [0.2, 0.25) is 0 Å². The van der Waals surface area contributed by atoms with Gasteiger partial charge in [-0.05, 0) is 17.0 Å². The van der Waals surface area contributed by atoms with Crippen molar-refractivity contribution >= 4 is 5.91 Å².